The van der Waals surface area contributed by atoms with Crippen LogP contribution in [0.1, 0.15) is 24.8 Å². The van der Waals surface area contributed by atoms with Crippen LogP contribution in [0.2, 0.25) is 0 Å². The Morgan fingerprint density at radius 3 is 2.67 bits per heavy atom. The van der Waals surface area contributed by atoms with Gasteiger partial charge in [0.1, 0.15) is 0 Å². The summed E-state index contributed by atoms with van der Waals surface area (Å²) in [6.45, 7) is 4.14. The van der Waals surface area contributed by atoms with E-state index in [0.717, 1.165) is 38.9 Å². The van der Waals surface area contributed by atoms with Crippen molar-refractivity contribution in [3.63, 3.8) is 0 Å². The first-order chi connectivity index (χ1) is 11.8. The standard InChI is InChI=1S/C19H28N2O3/c22-14-17-6-9-21(12-15-4-2-1-3-5-15)13-18(17)20-19(23)16-7-10-24-11-8-16/h1-5,16-18,22H,6-14H2,(H,20,23). The molecule has 5 nitrogen and oxygen atoms in total. The average molecular weight is 332 g/mol. The third-order valence-corrected chi connectivity index (χ3v) is 5.24. The lowest BCUT2D eigenvalue weighted by Crippen LogP contribution is -2.54. The van der Waals surface area contributed by atoms with E-state index in [-0.39, 0.29) is 30.4 Å². The number of likely N-dealkylation sites (tertiary alicyclic amines) is 1. The normalized spacial score (nSPS) is 26.2. The van der Waals surface area contributed by atoms with Gasteiger partial charge in [0.05, 0.1) is 0 Å². The molecule has 24 heavy (non-hydrogen) atoms. The highest BCUT2D eigenvalue weighted by atomic mass is 16.5. The number of rotatable bonds is 5. The number of aliphatic hydroxyl groups is 1. The first-order valence-corrected chi connectivity index (χ1v) is 9.01. The molecule has 5 heteroatoms. The first-order valence-electron chi connectivity index (χ1n) is 9.01. The van der Waals surface area contributed by atoms with Crippen molar-refractivity contribution in [3.8, 4) is 0 Å². The average Bonchev–Trinajstić information content (AvgIpc) is 2.63. The van der Waals surface area contributed by atoms with Gasteiger partial charge in [-0.25, -0.2) is 0 Å². The molecule has 3 rings (SSSR count). The van der Waals surface area contributed by atoms with Crippen molar-refractivity contribution in [2.24, 2.45) is 11.8 Å². The van der Waals surface area contributed by atoms with Crippen LogP contribution in [0.25, 0.3) is 0 Å². The number of hydrogen-bond donors (Lipinski definition) is 2. The lowest BCUT2D eigenvalue weighted by molar-refractivity contribution is -0.129. The molecule has 2 aliphatic heterocycles. The summed E-state index contributed by atoms with van der Waals surface area (Å²) in [5.41, 5.74) is 1.29. The molecule has 1 amide bonds. The van der Waals surface area contributed by atoms with Gasteiger partial charge in [-0.3, -0.25) is 9.69 Å². The van der Waals surface area contributed by atoms with Gasteiger partial charge in [-0.2, -0.15) is 0 Å². The number of amides is 1. The number of benzene rings is 1. The SMILES string of the molecule is O=C(NC1CN(Cc2ccccc2)CCC1CO)C1CCOCC1. The molecule has 2 N–H and O–H groups in total. The van der Waals surface area contributed by atoms with E-state index in [4.69, 9.17) is 4.74 Å². The maximum Gasteiger partial charge on any atom is 0.223 e. The molecular weight excluding hydrogens is 304 g/mol. The fourth-order valence-electron chi connectivity index (χ4n) is 3.70. The molecule has 0 spiro atoms. The number of ether oxygens (including phenoxy) is 1. The third-order valence-electron chi connectivity index (χ3n) is 5.24. The van der Waals surface area contributed by atoms with E-state index in [1.54, 1.807) is 0 Å². The topological polar surface area (TPSA) is 61.8 Å². The minimum atomic E-state index is 0.0304. The molecule has 0 aromatic heterocycles. The van der Waals surface area contributed by atoms with Crippen LogP contribution in [0, 0.1) is 11.8 Å². The highest BCUT2D eigenvalue weighted by Crippen LogP contribution is 2.21. The molecule has 1 aromatic rings. The Morgan fingerprint density at radius 1 is 1.21 bits per heavy atom. The van der Waals surface area contributed by atoms with Gasteiger partial charge in [0.15, 0.2) is 0 Å². The van der Waals surface area contributed by atoms with Crippen LogP contribution in [0.15, 0.2) is 30.3 Å². The van der Waals surface area contributed by atoms with Gasteiger partial charge < -0.3 is 15.2 Å². The Balaban J connectivity index is 1.57. The predicted molar refractivity (Wildman–Crippen MR) is 92.4 cm³/mol. The predicted octanol–water partition coefficient (Wildman–Crippen LogP) is 1.41. The Bertz CT molecular complexity index is 517. The van der Waals surface area contributed by atoms with Crippen molar-refractivity contribution in [3.05, 3.63) is 35.9 Å². The zero-order valence-corrected chi connectivity index (χ0v) is 14.2. The highest BCUT2D eigenvalue weighted by molar-refractivity contribution is 5.79. The number of nitrogens with zero attached hydrogens (tertiary/aromatic N) is 1. The van der Waals surface area contributed by atoms with Crippen LogP contribution in [0.4, 0.5) is 0 Å². The largest absolute Gasteiger partial charge is 0.396 e. The molecule has 0 saturated carbocycles. The number of piperidine rings is 1. The highest BCUT2D eigenvalue weighted by Gasteiger charge is 2.32. The zero-order valence-electron chi connectivity index (χ0n) is 14.2. The number of aliphatic hydroxyl groups excluding tert-OH is 1. The molecular formula is C19H28N2O3. The molecule has 2 atom stereocenters. The molecule has 0 radical (unpaired) electrons. The van der Waals surface area contributed by atoms with Crippen molar-refractivity contribution in [1.82, 2.24) is 10.2 Å². The summed E-state index contributed by atoms with van der Waals surface area (Å²) in [5.74, 6) is 0.340. The minimum Gasteiger partial charge on any atom is -0.396 e. The van der Waals surface area contributed by atoms with Crippen LogP contribution < -0.4 is 5.32 Å². The second-order valence-corrected chi connectivity index (χ2v) is 6.95. The van der Waals surface area contributed by atoms with Crippen molar-refractivity contribution < 1.29 is 14.6 Å². The Hall–Kier alpha value is -1.43. The fraction of sp³-hybridized carbons (Fsp3) is 0.632. The summed E-state index contributed by atoms with van der Waals surface area (Å²) in [5, 5.41) is 12.9. The Morgan fingerprint density at radius 2 is 1.96 bits per heavy atom. The molecule has 132 valence electrons. The van der Waals surface area contributed by atoms with E-state index >= 15 is 0 Å². The van der Waals surface area contributed by atoms with Crippen molar-refractivity contribution >= 4 is 5.91 Å². The molecule has 0 aliphatic carbocycles. The summed E-state index contributed by atoms with van der Waals surface area (Å²) >= 11 is 0. The van der Waals surface area contributed by atoms with Crippen molar-refractivity contribution in [2.45, 2.75) is 31.8 Å². The number of hydrogen-bond acceptors (Lipinski definition) is 4. The zero-order chi connectivity index (χ0) is 16.8. The molecule has 2 fully saturated rings. The van der Waals surface area contributed by atoms with Gasteiger partial charge in [0.25, 0.3) is 0 Å². The minimum absolute atomic E-state index is 0.0304. The molecule has 2 unspecified atom stereocenters. The van der Waals surface area contributed by atoms with Crippen LogP contribution >= 0.6 is 0 Å². The monoisotopic (exact) mass is 332 g/mol. The third kappa shape index (κ3) is 4.56. The van der Waals surface area contributed by atoms with Crippen LogP contribution in [-0.4, -0.2) is 54.9 Å². The van der Waals surface area contributed by atoms with Gasteiger partial charge in [0.2, 0.25) is 5.91 Å². The molecule has 1 aromatic carbocycles. The van der Waals surface area contributed by atoms with Crippen LogP contribution in [0.3, 0.4) is 0 Å². The van der Waals surface area contributed by atoms with Crippen molar-refractivity contribution in [1.29, 1.82) is 0 Å². The Labute approximate surface area is 144 Å². The van der Waals surface area contributed by atoms with Crippen LogP contribution in [0.5, 0.6) is 0 Å². The molecule has 2 aliphatic rings. The van der Waals surface area contributed by atoms with Gasteiger partial charge in [0, 0.05) is 50.8 Å². The molecule has 2 saturated heterocycles. The van der Waals surface area contributed by atoms with E-state index in [0.29, 0.717) is 13.2 Å². The van der Waals surface area contributed by atoms with E-state index in [2.05, 4.69) is 34.5 Å². The van der Waals surface area contributed by atoms with Crippen LogP contribution in [-0.2, 0) is 16.1 Å². The first kappa shape index (κ1) is 17.4. The maximum atomic E-state index is 12.5. The van der Waals surface area contributed by atoms with Gasteiger partial charge in [-0.05, 0) is 31.4 Å². The lowest BCUT2D eigenvalue weighted by atomic mass is 9.90. The summed E-state index contributed by atoms with van der Waals surface area (Å²) in [6, 6.07) is 10.4. The van der Waals surface area contributed by atoms with E-state index in [1.165, 1.54) is 5.56 Å². The van der Waals surface area contributed by atoms with Gasteiger partial charge in [-0.1, -0.05) is 30.3 Å². The second-order valence-electron chi connectivity index (χ2n) is 6.95. The summed E-state index contributed by atoms with van der Waals surface area (Å²) in [7, 11) is 0. The van der Waals surface area contributed by atoms with E-state index in [1.807, 2.05) is 6.07 Å². The summed E-state index contributed by atoms with van der Waals surface area (Å²) < 4.78 is 5.34. The van der Waals surface area contributed by atoms with Gasteiger partial charge >= 0.3 is 0 Å². The number of carbonyl (C=O) groups is 1. The van der Waals surface area contributed by atoms with E-state index < -0.39 is 0 Å². The molecule has 2 heterocycles. The maximum absolute atomic E-state index is 12.5. The Kier molecular flexibility index (Phi) is 6.24. The lowest BCUT2D eigenvalue weighted by Gasteiger charge is -2.39. The quantitative estimate of drug-likeness (QED) is 0.856. The number of nitrogens with one attached hydrogen (secondary N) is 1. The smallest absolute Gasteiger partial charge is 0.223 e. The summed E-state index contributed by atoms with van der Waals surface area (Å²) in [6.07, 6.45) is 2.52. The van der Waals surface area contributed by atoms with Crippen molar-refractivity contribution in [2.75, 3.05) is 32.9 Å². The summed E-state index contributed by atoms with van der Waals surface area (Å²) in [4.78, 5) is 14.9. The number of carbonyl (C=O) groups excluding carboxylic acids is 1. The second kappa shape index (κ2) is 8.60. The van der Waals surface area contributed by atoms with Gasteiger partial charge in [-0.15, -0.1) is 0 Å². The fourth-order valence-corrected chi connectivity index (χ4v) is 3.70. The van der Waals surface area contributed by atoms with E-state index in [9.17, 15) is 9.90 Å². The molecule has 0 bridgehead atoms.